The Morgan fingerprint density at radius 3 is 2.38 bits per heavy atom. The zero-order valence-corrected chi connectivity index (χ0v) is 11.7. The molecule has 5 heteroatoms. The summed E-state index contributed by atoms with van der Waals surface area (Å²) in [6.07, 6.45) is 0. The van der Waals surface area contributed by atoms with Crippen molar-refractivity contribution in [3.05, 3.63) is 54.1 Å². The molecule has 0 aliphatic carbocycles. The van der Waals surface area contributed by atoms with Crippen LogP contribution in [0.3, 0.4) is 0 Å². The van der Waals surface area contributed by atoms with Gasteiger partial charge in [0, 0.05) is 0 Å². The van der Waals surface area contributed by atoms with E-state index in [0.29, 0.717) is 22.8 Å². The Hall–Kier alpha value is -2.69. The highest BCUT2D eigenvalue weighted by atomic mass is 16.9. The summed E-state index contributed by atoms with van der Waals surface area (Å²) >= 11 is 0. The minimum Gasteiger partial charge on any atom is -0.493 e. The summed E-state index contributed by atoms with van der Waals surface area (Å²) in [5.74, 6) is -0.660. The molecule has 21 heavy (non-hydrogen) atoms. The van der Waals surface area contributed by atoms with Crippen LogP contribution in [0, 0.1) is 0 Å². The van der Waals surface area contributed by atoms with Gasteiger partial charge in [-0.05, 0) is 24.3 Å². The third-order valence-electron chi connectivity index (χ3n) is 3.04. The fraction of sp³-hybridized carbons (Fsp3) is 0.188. The maximum atomic E-state index is 12.0. The van der Waals surface area contributed by atoms with E-state index in [4.69, 9.17) is 18.9 Å². The molecular weight excluding hydrogens is 272 g/mol. The number of cyclic esters (lactones) is 1. The van der Waals surface area contributed by atoms with E-state index in [1.54, 1.807) is 42.5 Å². The number of para-hydroxylation sites is 3. The van der Waals surface area contributed by atoms with Gasteiger partial charge in [0.15, 0.2) is 11.5 Å². The molecule has 3 rings (SSSR count). The monoisotopic (exact) mass is 286 g/mol. The number of carbonyl (C=O) groups is 1. The maximum absolute atomic E-state index is 12.0. The lowest BCUT2D eigenvalue weighted by Crippen LogP contribution is -2.47. The third kappa shape index (κ3) is 2.50. The third-order valence-corrected chi connectivity index (χ3v) is 3.04. The molecule has 0 spiro atoms. The number of fused-ring (bicyclic) bond motifs is 1. The summed E-state index contributed by atoms with van der Waals surface area (Å²) < 4.78 is 21.8. The van der Waals surface area contributed by atoms with Gasteiger partial charge in [-0.3, -0.25) is 0 Å². The summed E-state index contributed by atoms with van der Waals surface area (Å²) in [7, 11) is 1.54. The first-order chi connectivity index (χ1) is 10.1. The van der Waals surface area contributed by atoms with Gasteiger partial charge in [0.05, 0.1) is 14.0 Å². The van der Waals surface area contributed by atoms with E-state index < -0.39 is 11.9 Å². The van der Waals surface area contributed by atoms with Crippen LogP contribution in [-0.4, -0.2) is 19.1 Å². The van der Waals surface area contributed by atoms with Crippen molar-refractivity contribution in [3.8, 4) is 17.2 Å². The van der Waals surface area contributed by atoms with Gasteiger partial charge in [-0.2, -0.15) is 0 Å². The minimum absolute atomic E-state index is 0.374. The predicted molar refractivity (Wildman–Crippen MR) is 74.5 cm³/mol. The van der Waals surface area contributed by atoms with Crippen molar-refractivity contribution in [3.63, 3.8) is 0 Å². The lowest BCUT2D eigenvalue weighted by atomic mass is 10.2. The Kier molecular flexibility index (Phi) is 3.17. The quantitative estimate of drug-likeness (QED) is 0.812. The van der Waals surface area contributed by atoms with Crippen molar-refractivity contribution in [2.24, 2.45) is 0 Å². The van der Waals surface area contributed by atoms with E-state index in [2.05, 4.69) is 0 Å². The second-order valence-corrected chi connectivity index (χ2v) is 4.60. The van der Waals surface area contributed by atoms with Crippen LogP contribution in [0.15, 0.2) is 48.5 Å². The van der Waals surface area contributed by atoms with Gasteiger partial charge in [0.1, 0.15) is 11.3 Å². The molecule has 108 valence electrons. The van der Waals surface area contributed by atoms with Gasteiger partial charge in [-0.1, -0.05) is 24.3 Å². The Morgan fingerprint density at radius 1 is 0.952 bits per heavy atom. The molecule has 0 fully saturated rings. The van der Waals surface area contributed by atoms with Crippen LogP contribution in [0.25, 0.3) is 0 Å². The number of rotatable bonds is 3. The average Bonchev–Trinajstić information content (AvgIpc) is 2.47. The van der Waals surface area contributed by atoms with E-state index >= 15 is 0 Å². The van der Waals surface area contributed by atoms with Crippen molar-refractivity contribution in [2.75, 3.05) is 7.11 Å². The molecule has 0 unspecified atom stereocenters. The van der Waals surface area contributed by atoms with E-state index in [0.717, 1.165) is 0 Å². The molecule has 0 N–H and O–H groups in total. The first kappa shape index (κ1) is 13.3. The zero-order chi connectivity index (χ0) is 14.9. The van der Waals surface area contributed by atoms with Crippen molar-refractivity contribution in [1.82, 2.24) is 0 Å². The SMILES string of the molecule is COc1ccccc1O[C@]1(C)OC(=O)c2ccccc2O1. The second kappa shape index (κ2) is 5.01. The molecule has 5 nitrogen and oxygen atoms in total. The largest absolute Gasteiger partial charge is 0.493 e. The van der Waals surface area contributed by atoms with Crippen LogP contribution in [0.1, 0.15) is 17.3 Å². The van der Waals surface area contributed by atoms with E-state index in [1.165, 1.54) is 14.0 Å². The Bertz CT molecular complexity index is 682. The Labute approximate surface area is 122 Å². The molecule has 0 saturated heterocycles. The van der Waals surface area contributed by atoms with Crippen LogP contribution < -0.4 is 14.2 Å². The van der Waals surface area contributed by atoms with Crippen molar-refractivity contribution < 1.29 is 23.7 Å². The molecule has 2 aromatic carbocycles. The van der Waals surface area contributed by atoms with E-state index in [1.807, 2.05) is 6.07 Å². The smallest absolute Gasteiger partial charge is 0.416 e. The summed E-state index contributed by atoms with van der Waals surface area (Å²) in [6, 6.07) is 13.9. The van der Waals surface area contributed by atoms with Crippen LogP contribution in [0.2, 0.25) is 0 Å². The summed E-state index contributed by atoms with van der Waals surface area (Å²) in [6.45, 7) is 1.54. The molecule has 0 amide bonds. The predicted octanol–water partition coefficient (Wildman–Crippen LogP) is 3.00. The van der Waals surface area contributed by atoms with Gasteiger partial charge in [-0.25, -0.2) is 4.79 Å². The molecular formula is C16H14O5. The number of ether oxygens (including phenoxy) is 4. The minimum atomic E-state index is -1.54. The highest BCUT2D eigenvalue weighted by molar-refractivity contribution is 5.93. The average molecular weight is 286 g/mol. The highest BCUT2D eigenvalue weighted by Crippen LogP contribution is 2.35. The molecule has 0 saturated carbocycles. The lowest BCUT2D eigenvalue weighted by Gasteiger charge is -2.34. The number of hydrogen-bond acceptors (Lipinski definition) is 5. The number of hydrogen-bond donors (Lipinski definition) is 0. The molecule has 0 radical (unpaired) electrons. The van der Waals surface area contributed by atoms with Gasteiger partial charge in [-0.15, -0.1) is 0 Å². The summed E-state index contributed by atoms with van der Waals surface area (Å²) in [4.78, 5) is 12.0. The molecule has 2 aromatic rings. The zero-order valence-electron chi connectivity index (χ0n) is 11.7. The number of esters is 1. The summed E-state index contributed by atoms with van der Waals surface area (Å²) in [5.41, 5.74) is 0.374. The van der Waals surface area contributed by atoms with Crippen LogP contribution >= 0.6 is 0 Å². The Morgan fingerprint density at radius 2 is 1.62 bits per heavy atom. The molecule has 0 aromatic heterocycles. The van der Waals surface area contributed by atoms with Crippen LogP contribution in [-0.2, 0) is 4.74 Å². The second-order valence-electron chi connectivity index (χ2n) is 4.60. The standard InChI is InChI=1S/C16H14O5/c1-16(20-14-10-6-5-9-13(14)18-2)19-12-8-4-3-7-11(12)15(17)21-16/h3-10H,1-2H3/t16-/m1/s1. The lowest BCUT2D eigenvalue weighted by molar-refractivity contribution is -0.263. The van der Waals surface area contributed by atoms with Crippen LogP contribution in [0.4, 0.5) is 0 Å². The highest BCUT2D eigenvalue weighted by Gasteiger charge is 2.41. The topological polar surface area (TPSA) is 54.0 Å². The van der Waals surface area contributed by atoms with Gasteiger partial charge in [0.2, 0.25) is 0 Å². The van der Waals surface area contributed by atoms with Crippen molar-refractivity contribution in [1.29, 1.82) is 0 Å². The summed E-state index contributed by atoms with van der Waals surface area (Å²) in [5, 5.41) is 0. The van der Waals surface area contributed by atoms with Crippen molar-refractivity contribution in [2.45, 2.75) is 12.9 Å². The van der Waals surface area contributed by atoms with E-state index in [9.17, 15) is 4.79 Å². The van der Waals surface area contributed by atoms with Crippen molar-refractivity contribution >= 4 is 5.97 Å². The van der Waals surface area contributed by atoms with E-state index in [-0.39, 0.29) is 0 Å². The molecule has 1 heterocycles. The number of benzene rings is 2. The fourth-order valence-electron chi connectivity index (χ4n) is 2.11. The molecule has 1 aliphatic rings. The Balaban J connectivity index is 1.91. The molecule has 1 atom stereocenters. The maximum Gasteiger partial charge on any atom is 0.416 e. The normalized spacial score (nSPS) is 20.0. The number of methoxy groups -OCH3 is 1. The van der Waals surface area contributed by atoms with Gasteiger partial charge >= 0.3 is 11.9 Å². The molecule has 1 aliphatic heterocycles. The fourth-order valence-corrected chi connectivity index (χ4v) is 2.11. The molecule has 0 bridgehead atoms. The first-order valence-electron chi connectivity index (χ1n) is 6.45. The first-order valence-corrected chi connectivity index (χ1v) is 6.45. The number of carbonyl (C=O) groups excluding carboxylic acids is 1. The van der Waals surface area contributed by atoms with Crippen LogP contribution in [0.5, 0.6) is 17.2 Å². The van der Waals surface area contributed by atoms with Gasteiger partial charge in [0.25, 0.3) is 0 Å². The van der Waals surface area contributed by atoms with Gasteiger partial charge < -0.3 is 18.9 Å².